The van der Waals surface area contributed by atoms with E-state index in [1.807, 2.05) is 0 Å². The third kappa shape index (κ3) is 2.93. The Hall–Kier alpha value is -0.110. The van der Waals surface area contributed by atoms with E-state index in [4.69, 9.17) is 9.84 Å². The monoisotopic (exact) mass is 236 g/mol. The second-order valence-electron chi connectivity index (χ2n) is 3.32. The molecular weight excluding hydrogens is 220 g/mol. The zero-order valence-electron chi connectivity index (χ0n) is 8.19. The zero-order valence-corrected chi connectivity index (χ0v) is 9.01. The van der Waals surface area contributed by atoms with Gasteiger partial charge in [-0.05, 0) is 0 Å². The van der Waals surface area contributed by atoms with Gasteiger partial charge in [0, 0.05) is 5.75 Å². The molecule has 4 N–H and O–H groups in total. The summed E-state index contributed by atoms with van der Waals surface area (Å²) < 4.78 is 5.25. The minimum absolute atomic E-state index is 0.507. The van der Waals surface area contributed by atoms with Crippen LogP contribution in [0.3, 0.4) is 0 Å². The molecule has 0 aromatic carbocycles. The average molecular weight is 236 g/mol. The molecule has 0 aromatic heterocycles. The molecule has 0 aliphatic carbocycles. The first-order valence-electron chi connectivity index (χ1n) is 4.64. The van der Waals surface area contributed by atoms with Gasteiger partial charge >= 0.3 is 0 Å². The fourth-order valence-corrected chi connectivity index (χ4v) is 2.28. The molecule has 1 fully saturated rings. The molecule has 1 aliphatic heterocycles. The van der Waals surface area contributed by atoms with Crippen molar-refractivity contribution < 1.29 is 25.2 Å². The summed E-state index contributed by atoms with van der Waals surface area (Å²) in [6.45, 7) is 3.02. The second kappa shape index (κ2) is 5.83. The number of hydrogen-bond acceptors (Lipinski definition) is 6. The molecule has 1 saturated heterocycles. The van der Waals surface area contributed by atoms with Crippen molar-refractivity contribution in [1.82, 2.24) is 0 Å². The van der Waals surface area contributed by atoms with Crippen LogP contribution >= 0.6 is 11.8 Å². The Bertz CT molecular complexity index is 213. The van der Waals surface area contributed by atoms with Crippen molar-refractivity contribution in [2.75, 3.05) is 12.4 Å². The van der Waals surface area contributed by atoms with E-state index in [2.05, 4.69) is 6.58 Å². The van der Waals surface area contributed by atoms with Crippen LogP contribution in [0.1, 0.15) is 0 Å². The van der Waals surface area contributed by atoms with Crippen molar-refractivity contribution in [3.05, 3.63) is 12.7 Å². The van der Waals surface area contributed by atoms with Gasteiger partial charge in [0.05, 0.1) is 6.61 Å². The molecule has 0 spiro atoms. The van der Waals surface area contributed by atoms with Gasteiger partial charge in [-0.25, -0.2) is 0 Å². The summed E-state index contributed by atoms with van der Waals surface area (Å²) in [7, 11) is 0. The molecule has 6 heteroatoms. The zero-order chi connectivity index (χ0) is 11.4. The molecule has 0 saturated carbocycles. The van der Waals surface area contributed by atoms with Gasteiger partial charge in [0.25, 0.3) is 0 Å². The van der Waals surface area contributed by atoms with E-state index in [9.17, 15) is 15.3 Å². The third-order valence-corrected chi connectivity index (χ3v) is 3.35. The summed E-state index contributed by atoms with van der Waals surface area (Å²) in [4.78, 5) is 0. The Labute approximate surface area is 92.4 Å². The van der Waals surface area contributed by atoms with Crippen LogP contribution in [0, 0.1) is 0 Å². The summed E-state index contributed by atoms with van der Waals surface area (Å²) >= 11 is 1.28. The minimum atomic E-state index is -1.18. The maximum absolute atomic E-state index is 9.58. The predicted molar refractivity (Wildman–Crippen MR) is 56.4 cm³/mol. The molecule has 0 bridgehead atoms. The summed E-state index contributed by atoms with van der Waals surface area (Å²) in [5.74, 6) is 0.580. The van der Waals surface area contributed by atoms with E-state index in [1.54, 1.807) is 6.08 Å². The van der Waals surface area contributed by atoms with Gasteiger partial charge in [-0.3, -0.25) is 0 Å². The minimum Gasteiger partial charge on any atom is -0.394 e. The first kappa shape index (κ1) is 13.0. The van der Waals surface area contributed by atoms with Crippen LogP contribution in [0.5, 0.6) is 0 Å². The summed E-state index contributed by atoms with van der Waals surface area (Å²) in [6.07, 6.45) is -2.69. The van der Waals surface area contributed by atoms with Crippen molar-refractivity contribution in [2.24, 2.45) is 0 Å². The fraction of sp³-hybridized carbons (Fsp3) is 0.778. The highest BCUT2D eigenvalue weighted by atomic mass is 32.2. The van der Waals surface area contributed by atoms with Crippen LogP contribution in [0.15, 0.2) is 12.7 Å². The average Bonchev–Trinajstić information content (AvgIpc) is 2.53. The number of aliphatic hydroxyl groups is 4. The maximum atomic E-state index is 9.58. The van der Waals surface area contributed by atoms with E-state index in [0.29, 0.717) is 5.75 Å². The lowest BCUT2D eigenvalue weighted by atomic mass is 10.1. The Kier molecular flexibility index (Phi) is 5.04. The summed E-state index contributed by atoms with van der Waals surface area (Å²) in [6, 6.07) is 0. The highest BCUT2D eigenvalue weighted by Gasteiger charge is 2.45. The molecule has 1 aliphatic rings. The number of ether oxygens (including phenoxy) is 1. The fourth-order valence-electron chi connectivity index (χ4n) is 1.39. The second-order valence-corrected chi connectivity index (χ2v) is 4.45. The quantitative estimate of drug-likeness (QED) is 0.444. The predicted octanol–water partition coefficient (Wildman–Crippen LogP) is -1.29. The number of thioether (sulfide) groups is 1. The molecule has 5 atom stereocenters. The number of aliphatic hydroxyl groups excluding tert-OH is 4. The molecule has 0 unspecified atom stereocenters. The van der Waals surface area contributed by atoms with Crippen LogP contribution in [0.4, 0.5) is 0 Å². The highest BCUT2D eigenvalue weighted by Crippen LogP contribution is 2.30. The Morgan fingerprint density at radius 1 is 1.40 bits per heavy atom. The lowest BCUT2D eigenvalue weighted by Gasteiger charge is -2.18. The van der Waals surface area contributed by atoms with Crippen molar-refractivity contribution in [1.29, 1.82) is 0 Å². The molecule has 88 valence electrons. The van der Waals surface area contributed by atoms with E-state index in [-0.39, 0.29) is 0 Å². The first-order chi connectivity index (χ1) is 7.11. The van der Waals surface area contributed by atoms with Gasteiger partial charge in [-0.2, -0.15) is 0 Å². The van der Waals surface area contributed by atoms with Crippen molar-refractivity contribution in [2.45, 2.75) is 29.9 Å². The SMILES string of the molecule is C=CCS[C@@H]1O[C@@H]([C@H](O)CO)[C@H](O)[C@H]1O. The molecule has 1 heterocycles. The van der Waals surface area contributed by atoms with Crippen molar-refractivity contribution in [3.63, 3.8) is 0 Å². The topological polar surface area (TPSA) is 90.2 Å². The van der Waals surface area contributed by atoms with E-state index >= 15 is 0 Å². The number of rotatable bonds is 5. The molecule has 0 aromatic rings. The van der Waals surface area contributed by atoms with Crippen LogP contribution < -0.4 is 0 Å². The Balaban J connectivity index is 2.54. The van der Waals surface area contributed by atoms with Crippen LogP contribution in [0.2, 0.25) is 0 Å². The lowest BCUT2D eigenvalue weighted by Crippen LogP contribution is -2.40. The van der Waals surface area contributed by atoms with Gasteiger partial charge in [0.15, 0.2) is 0 Å². The summed E-state index contributed by atoms with van der Waals surface area (Å²) in [5.41, 5.74) is -0.593. The van der Waals surface area contributed by atoms with E-state index < -0.39 is 36.5 Å². The normalized spacial score (nSPS) is 37.9. The van der Waals surface area contributed by atoms with Crippen LogP contribution in [-0.2, 0) is 4.74 Å². The van der Waals surface area contributed by atoms with Crippen LogP contribution in [0.25, 0.3) is 0 Å². The van der Waals surface area contributed by atoms with Crippen LogP contribution in [-0.4, -0.2) is 62.6 Å². The molecule has 0 radical (unpaired) electrons. The molecule has 1 rings (SSSR count). The largest absolute Gasteiger partial charge is 0.394 e. The smallest absolute Gasteiger partial charge is 0.132 e. The first-order valence-corrected chi connectivity index (χ1v) is 5.69. The van der Waals surface area contributed by atoms with Crippen molar-refractivity contribution >= 4 is 11.8 Å². The molecular formula is C9H16O5S. The third-order valence-electron chi connectivity index (χ3n) is 2.20. The van der Waals surface area contributed by atoms with Gasteiger partial charge in [-0.15, -0.1) is 18.3 Å². The number of hydrogen-bond donors (Lipinski definition) is 4. The molecule has 15 heavy (non-hydrogen) atoms. The van der Waals surface area contributed by atoms with Gasteiger partial charge in [-0.1, -0.05) is 6.08 Å². The summed E-state index contributed by atoms with van der Waals surface area (Å²) in [5, 5.41) is 37.1. The maximum Gasteiger partial charge on any atom is 0.132 e. The lowest BCUT2D eigenvalue weighted by molar-refractivity contribution is -0.0713. The van der Waals surface area contributed by atoms with Gasteiger partial charge in [0.2, 0.25) is 0 Å². The standard InChI is InChI=1S/C9H16O5S/c1-2-3-15-9-7(13)6(12)8(14-9)5(11)4-10/h2,5-13H,1,3-4H2/t5-,6-,7-,8+,9+/m1/s1. The van der Waals surface area contributed by atoms with Gasteiger partial charge in [0.1, 0.15) is 29.9 Å². The van der Waals surface area contributed by atoms with Gasteiger partial charge < -0.3 is 25.2 Å². The van der Waals surface area contributed by atoms with Crippen molar-refractivity contribution in [3.8, 4) is 0 Å². The Morgan fingerprint density at radius 2 is 2.07 bits per heavy atom. The van der Waals surface area contributed by atoms with E-state index in [1.165, 1.54) is 11.8 Å². The molecule has 5 nitrogen and oxygen atoms in total. The molecule has 0 amide bonds. The van der Waals surface area contributed by atoms with E-state index in [0.717, 1.165) is 0 Å². The highest BCUT2D eigenvalue weighted by molar-refractivity contribution is 7.99. The Morgan fingerprint density at radius 3 is 2.60 bits per heavy atom.